The van der Waals surface area contributed by atoms with Crippen molar-refractivity contribution in [3.63, 3.8) is 0 Å². The third kappa shape index (κ3) is 1.18. The van der Waals surface area contributed by atoms with E-state index in [1.165, 1.54) is 11.1 Å². The van der Waals surface area contributed by atoms with Gasteiger partial charge >= 0.3 is 0 Å². The molecule has 0 saturated carbocycles. The summed E-state index contributed by atoms with van der Waals surface area (Å²) in [5.74, 6) is 0. The number of hydrogen-bond acceptors (Lipinski definition) is 1. The Labute approximate surface area is 83.4 Å². The molecule has 0 aliphatic heterocycles. The fourth-order valence-corrected chi connectivity index (χ4v) is 1.80. The largest absolute Gasteiger partial charge is 0.348 e. The molecule has 2 nitrogen and oxygen atoms in total. The highest BCUT2D eigenvalue weighted by atomic mass is 14.9. The Bertz CT molecular complexity index is 515. The van der Waals surface area contributed by atoms with E-state index in [4.69, 9.17) is 5.26 Å². The molecular formula is C12H12N2. The van der Waals surface area contributed by atoms with Crippen LogP contribution in [0.3, 0.4) is 0 Å². The maximum Gasteiger partial charge on any atom is 0.0992 e. The molecule has 0 saturated heterocycles. The Morgan fingerprint density at radius 2 is 2.14 bits per heavy atom. The minimum absolute atomic E-state index is 0.723. The van der Waals surface area contributed by atoms with E-state index in [2.05, 4.69) is 23.6 Å². The van der Waals surface area contributed by atoms with Crippen molar-refractivity contribution >= 4 is 10.9 Å². The van der Waals surface area contributed by atoms with Crippen LogP contribution in [0.4, 0.5) is 0 Å². The van der Waals surface area contributed by atoms with Crippen LogP contribution in [-0.2, 0) is 13.5 Å². The third-order valence-electron chi connectivity index (χ3n) is 2.64. The van der Waals surface area contributed by atoms with Gasteiger partial charge in [0, 0.05) is 18.3 Å². The predicted molar refractivity (Wildman–Crippen MR) is 57.0 cm³/mol. The highest BCUT2D eigenvalue weighted by molar-refractivity contribution is 5.82. The number of fused-ring (bicyclic) bond motifs is 1. The number of benzene rings is 1. The second-order valence-corrected chi connectivity index (χ2v) is 3.43. The quantitative estimate of drug-likeness (QED) is 0.669. The highest BCUT2D eigenvalue weighted by Crippen LogP contribution is 2.20. The fraction of sp³-hybridized carbons (Fsp3) is 0.250. The van der Waals surface area contributed by atoms with Crippen molar-refractivity contribution in [3.05, 3.63) is 35.5 Å². The molecule has 0 bridgehead atoms. The van der Waals surface area contributed by atoms with Gasteiger partial charge in [0.25, 0.3) is 0 Å². The van der Waals surface area contributed by atoms with Gasteiger partial charge in [0.15, 0.2) is 0 Å². The number of nitriles is 1. The Hall–Kier alpha value is -1.75. The lowest BCUT2D eigenvalue weighted by Gasteiger charge is -2.00. The maximum atomic E-state index is 8.79. The zero-order valence-corrected chi connectivity index (χ0v) is 8.41. The first-order valence-corrected chi connectivity index (χ1v) is 4.74. The van der Waals surface area contributed by atoms with E-state index in [0.29, 0.717) is 0 Å². The van der Waals surface area contributed by atoms with Crippen LogP contribution in [0, 0.1) is 11.3 Å². The number of hydrogen-bond donors (Lipinski definition) is 0. The molecule has 0 aliphatic rings. The van der Waals surface area contributed by atoms with Gasteiger partial charge in [-0.15, -0.1) is 0 Å². The molecule has 0 amide bonds. The molecule has 0 atom stereocenters. The van der Waals surface area contributed by atoms with Crippen molar-refractivity contribution in [2.45, 2.75) is 13.3 Å². The van der Waals surface area contributed by atoms with Crippen LogP contribution < -0.4 is 0 Å². The molecular weight excluding hydrogens is 172 g/mol. The van der Waals surface area contributed by atoms with E-state index in [1.54, 1.807) is 0 Å². The Kier molecular flexibility index (Phi) is 2.01. The lowest BCUT2D eigenvalue weighted by atomic mass is 10.2. The predicted octanol–water partition coefficient (Wildman–Crippen LogP) is 2.61. The lowest BCUT2D eigenvalue weighted by Crippen LogP contribution is -1.93. The third-order valence-corrected chi connectivity index (χ3v) is 2.64. The molecule has 0 fully saturated rings. The second-order valence-electron chi connectivity index (χ2n) is 3.43. The van der Waals surface area contributed by atoms with Gasteiger partial charge in [-0.25, -0.2) is 0 Å². The number of nitrogens with zero attached hydrogens (tertiary/aromatic N) is 2. The van der Waals surface area contributed by atoms with Crippen LogP contribution in [0.15, 0.2) is 24.3 Å². The average molecular weight is 184 g/mol. The molecule has 0 spiro atoms. The number of aromatic nitrogens is 1. The van der Waals surface area contributed by atoms with E-state index in [-0.39, 0.29) is 0 Å². The topological polar surface area (TPSA) is 28.7 Å². The van der Waals surface area contributed by atoms with Crippen molar-refractivity contribution in [2.75, 3.05) is 0 Å². The summed E-state index contributed by atoms with van der Waals surface area (Å²) in [4.78, 5) is 0. The maximum absolute atomic E-state index is 8.79. The van der Waals surface area contributed by atoms with Crippen LogP contribution in [0.1, 0.15) is 18.2 Å². The molecule has 1 heterocycles. The molecule has 2 heteroatoms. The monoisotopic (exact) mass is 184 g/mol. The molecule has 0 unspecified atom stereocenters. The van der Waals surface area contributed by atoms with Gasteiger partial charge in [-0.3, -0.25) is 0 Å². The van der Waals surface area contributed by atoms with Gasteiger partial charge in [0.2, 0.25) is 0 Å². The van der Waals surface area contributed by atoms with Gasteiger partial charge in [0.1, 0.15) is 0 Å². The van der Waals surface area contributed by atoms with Crippen molar-refractivity contribution in [1.29, 1.82) is 5.26 Å². The smallest absolute Gasteiger partial charge is 0.0992 e. The first-order chi connectivity index (χ1) is 6.76. The summed E-state index contributed by atoms with van der Waals surface area (Å²) in [6.45, 7) is 2.14. The van der Waals surface area contributed by atoms with E-state index in [0.717, 1.165) is 17.5 Å². The van der Waals surface area contributed by atoms with Crippen LogP contribution >= 0.6 is 0 Å². The molecule has 14 heavy (non-hydrogen) atoms. The Morgan fingerprint density at radius 3 is 2.79 bits per heavy atom. The summed E-state index contributed by atoms with van der Waals surface area (Å²) in [7, 11) is 2.04. The van der Waals surface area contributed by atoms with Gasteiger partial charge in [-0.2, -0.15) is 5.26 Å². The van der Waals surface area contributed by atoms with Crippen LogP contribution in [0.5, 0.6) is 0 Å². The Morgan fingerprint density at radius 1 is 1.36 bits per heavy atom. The van der Waals surface area contributed by atoms with Crippen molar-refractivity contribution in [1.82, 2.24) is 4.57 Å². The van der Waals surface area contributed by atoms with E-state index in [1.807, 2.05) is 25.2 Å². The summed E-state index contributed by atoms with van der Waals surface area (Å²) in [5, 5.41) is 10.0. The molecule has 0 aliphatic carbocycles. The Balaban J connectivity index is 2.75. The molecule has 0 N–H and O–H groups in total. The van der Waals surface area contributed by atoms with Crippen LogP contribution in [0.2, 0.25) is 0 Å². The molecule has 1 aromatic carbocycles. The first-order valence-electron chi connectivity index (χ1n) is 4.74. The summed E-state index contributed by atoms with van der Waals surface area (Å²) < 4.78 is 2.15. The van der Waals surface area contributed by atoms with Gasteiger partial charge < -0.3 is 4.57 Å². The number of aryl methyl sites for hydroxylation is 2. The van der Waals surface area contributed by atoms with Crippen LogP contribution in [-0.4, -0.2) is 4.57 Å². The van der Waals surface area contributed by atoms with Crippen molar-refractivity contribution < 1.29 is 0 Å². The van der Waals surface area contributed by atoms with E-state index in [9.17, 15) is 0 Å². The summed E-state index contributed by atoms with van der Waals surface area (Å²) in [6, 6.07) is 10.1. The zero-order chi connectivity index (χ0) is 10.1. The summed E-state index contributed by atoms with van der Waals surface area (Å²) in [5.41, 5.74) is 3.16. The molecule has 2 rings (SSSR count). The van der Waals surface area contributed by atoms with Gasteiger partial charge in [0.05, 0.1) is 11.6 Å². The molecule has 0 radical (unpaired) electrons. The first kappa shape index (κ1) is 8.83. The minimum Gasteiger partial charge on any atom is -0.348 e. The van der Waals surface area contributed by atoms with Gasteiger partial charge in [-0.1, -0.05) is 13.0 Å². The zero-order valence-electron chi connectivity index (χ0n) is 8.41. The SMILES string of the molecule is CCc1cc2ccc(C#N)cc2n1C. The minimum atomic E-state index is 0.723. The standard InChI is InChI=1S/C12H12N2/c1-3-11-7-10-5-4-9(8-13)6-12(10)14(11)2/h4-7H,3H2,1-2H3. The lowest BCUT2D eigenvalue weighted by molar-refractivity contribution is 0.865. The highest BCUT2D eigenvalue weighted by Gasteiger charge is 2.04. The van der Waals surface area contributed by atoms with Crippen LogP contribution in [0.25, 0.3) is 10.9 Å². The fourth-order valence-electron chi connectivity index (χ4n) is 1.80. The van der Waals surface area contributed by atoms with E-state index >= 15 is 0 Å². The number of rotatable bonds is 1. The summed E-state index contributed by atoms with van der Waals surface area (Å²) >= 11 is 0. The average Bonchev–Trinajstić information content (AvgIpc) is 2.55. The van der Waals surface area contributed by atoms with Crippen molar-refractivity contribution in [3.8, 4) is 6.07 Å². The molecule has 70 valence electrons. The normalized spacial score (nSPS) is 10.4. The molecule has 2 aromatic rings. The van der Waals surface area contributed by atoms with Gasteiger partial charge in [-0.05, 0) is 30.0 Å². The second kappa shape index (κ2) is 3.19. The molecule has 1 aromatic heterocycles. The summed E-state index contributed by atoms with van der Waals surface area (Å²) in [6.07, 6.45) is 1.02. The van der Waals surface area contributed by atoms with E-state index < -0.39 is 0 Å². The van der Waals surface area contributed by atoms with Crippen molar-refractivity contribution in [2.24, 2.45) is 7.05 Å².